The van der Waals surface area contributed by atoms with Crippen LogP contribution in [-0.2, 0) is 9.53 Å². The van der Waals surface area contributed by atoms with Gasteiger partial charge < -0.3 is 15.2 Å². The second-order valence-corrected chi connectivity index (χ2v) is 4.86. The summed E-state index contributed by atoms with van der Waals surface area (Å²) in [6, 6.07) is 4.37. The Morgan fingerprint density at radius 1 is 1.52 bits per heavy atom. The highest BCUT2D eigenvalue weighted by Crippen LogP contribution is 2.18. The summed E-state index contributed by atoms with van der Waals surface area (Å²) >= 11 is 0. The van der Waals surface area contributed by atoms with E-state index in [1.165, 1.54) is 12.1 Å². The van der Waals surface area contributed by atoms with Gasteiger partial charge in [0.2, 0.25) is 5.91 Å². The highest BCUT2D eigenvalue weighted by Gasteiger charge is 2.19. The first kappa shape index (κ1) is 15.5. The smallest absolute Gasteiger partial charge is 0.226 e. The lowest BCUT2D eigenvalue weighted by Crippen LogP contribution is -2.19. The van der Waals surface area contributed by atoms with E-state index in [0.717, 1.165) is 12.8 Å². The lowest BCUT2D eigenvalue weighted by Gasteiger charge is -2.10. The van der Waals surface area contributed by atoms with Crippen molar-refractivity contribution in [2.75, 3.05) is 18.5 Å². The van der Waals surface area contributed by atoms with Gasteiger partial charge in [0.05, 0.1) is 24.7 Å². The predicted molar refractivity (Wildman–Crippen MR) is 77.2 cm³/mol. The zero-order valence-corrected chi connectivity index (χ0v) is 11.7. The van der Waals surface area contributed by atoms with Gasteiger partial charge >= 0.3 is 0 Å². The number of ether oxygens (including phenoxy) is 1. The number of anilines is 1. The van der Waals surface area contributed by atoms with Gasteiger partial charge in [-0.1, -0.05) is 11.8 Å². The molecule has 112 valence electrons. The fourth-order valence-electron chi connectivity index (χ4n) is 2.13. The first-order chi connectivity index (χ1) is 10.2. The topological polar surface area (TPSA) is 58.6 Å². The van der Waals surface area contributed by atoms with Crippen molar-refractivity contribution in [3.8, 4) is 11.8 Å². The molecule has 1 aromatic rings. The fourth-order valence-corrected chi connectivity index (χ4v) is 2.13. The molecule has 1 fully saturated rings. The minimum absolute atomic E-state index is 0.0292. The van der Waals surface area contributed by atoms with Crippen molar-refractivity contribution in [3.63, 3.8) is 0 Å². The molecule has 5 heteroatoms. The van der Waals surface area contributed by atoms with Crippen molar-refractivity contribution in [2.45, 2.75) is 31.8 Å². The molecular formula is C16H18FNO3. The van der Waals surface area contributed by atoms with Crippen LogP contribution in [0, 0.1) is 17.7 Å². The van der Waals surface area contributed by atoms with Crippen LogP contribution in [0.15, 0.2) is 18.2 Å². The molecule has 0 bridgehead atoms. The molecular weight excluding hydrogens is 273 g/mol. The van der Waals surface area contributed by atoms with Gasteiger partial charge in [-0.05, 0) is 31.0 Å². The van der Waals surface area contributed by atoms with Crippen LogP contribution in [0.5, 0.6) is 0 Å². The Bertz CT molecular complexity index is 556. The minimum Gasteiger partial charge on any atom is -0.395 e. The van der Waals surface area contributed by atoms with Gasteiger partial charge in [-0.2, -0.15) is 0 Å². The molecule has 0 aliphatic carbocycles. The molecule has 2 rings (SSSR count). The molecule has 0 radical (unpaired) electrons. The largest absolute Gasteiger partial charge is 0.395 e. The number of halogens is 1. The van der Waals surface area contributed by atoms with E-state index >= 15 is 0 Å². The van der Waals surface area contributed by atoms with E-state index in [4.69, 9.17) is 9.84 Å². The van der Waals surface area contributed by atoms with Crippen LogP contribution in [0.1, 0.15) is 31.2 Å². The van der Waals surface area contributed by atoms with Gasteiger partial charge in [-0.15, -0.1) is 0 Å². The Morgan fingerprint density at radius 2 is 2.38 bits per heavy atom. The van der Waals surface area contributed by atoms with Gasteiger partial charge in [0, 0.05) is 18.7 Å². The lowest BCUT2D eigenvalue weighted by atomic mass is 10.1. The summed E-state index contributed by atoms with van der Waals surface area (Å²) in [6.07, 6.45) is 2.44. The highest BCUT2D eigenvalue weighted by molar-refractivity contribution is 5.91. The fraction of sp³-hybridized carbons (Fsp3) is 0.438. The third kappa shape index (κ3) is 4.85. The zero-order valence-electron chi connectivity index (χ0n) is 11.7. The highest BCUT2D eigenvalue weighted by atomic mass is 19.1. The van der Waals surface area contributed by atoms with Gasteiger partial charge in [0.15, 0.2) is 0 Å². The predicted octanol–water partition coefficient (Wildman–Crippen LogP) is 2.07. The molecule has 1 heterocycles. The van der Waals surface area contributed by atoms with Crippen molar-refractivity contribution in [1.82, 2.24) is 0 Å². The molecule has 0 aromatic heterocycles. The molecule has 1 unspecified atom stereocenters. The minimum atomic E-state index is -0.490. The zero-order chi connectivity index (χ0) is 15.1. The normalized spacial score (nSPS) is 17.1. The number of aliphatic hydroxyl groups excluding tert-OH is 1. The summed E-state index contributed by atoms with van der Waals surface area (Å²) in [7, 11) is 0. The first-order valence-corrected chi connectivity index (χ1v) is 7.00. The van der Waals surface area contributed by atoms with Crippen molar-refractivity contribution in [3.05, 3.63) is 29.6 Å². The molecule has 0 saturated carbocycles. The molecule has 0 spiro atoms. The number of rotatable bonds is 4. The van der Waals surface area contributed by atoms with Gasteiger partial charge in [-0.25, -0.2) is 4.39 Å². The number of hydrogen-bond donors (Lipinski definition) is 2. The van der Waals surface area contributed by atoms with Crippen LogP contribution < -0.4 is 5.32 Å². The van der Waals surface area contributed by atoms with E-state index in [9.17, 15) is 9.18 Å². The van der Waals surface area contributed by atoms with E-state index < -0.39 is 5.82 Å². The maximum Gasteiger partial charge on any atom is 0.226 e. The molecule has 1 aliphatic rings. The summed E-state index contributed by atoms with van der Waals surface area (Å²) in [4.78, 5) is 11.8. The standard InChI is InChI=1S/C16H18FNO3/c17-15-10-13(7-6-12(15)4-1-2-8-19)18-16(20)11-14-5-3-9-21-14/h6-7,10,14,19H,2-3,5,8-9,11H2,(H,18,20). The third-order valence-electron chi connectivity index (χ3n) is 3.15. The average Bonchev–Trinajstić information content (AvgIpc) is 2.94. The van der Waals surface area contributed by atoms with E-state index in [-0.39, 0.29) is 24.2 Å². The Kier molecular flexibility index (Phi) is 5.73. The van der Waals surface area contributed by atoms with Crippen LogP contribution >= 0.6 is 0 Å². The number of carbonyl (C=O) groups is 1. The maximum absolute atomic E-state index is 13.8. The maximum atomic E-state index is 13.8. The van der Waals surface area contributed by atoms with Gasteiger partial charge in [-0.3, -0.25) is 4.79 Å². The van der Waals surface area contributed by atoms with Crippen LogP contribution in [0.3, 0.4) is 0 Å². The molecule has 4 nitrogen and oxygen atoms in total. The third-order valence-corrected chi connectivity index (χ3v) is 3.15. The molecule has 1 aliphatic heterocycles. The molecule has 1 atom stereocenters. The van der Waals surface area contributed by atoms with Gasteiger partial charge in [0.25, 0.3) is 0 Å². The van der Waals surface area contributed by atoms with Crippen LogP contribution in [0.25, 0.3) is 0 Å². The Hall–Kier alpha value is -1.90. The Balaban J connectivity index is 1.93. The summed E-state index contributed by atoms with van der Waals surface area (Å²) < 4.78 is 19.2. The van der Waals surface area contributed by atoms with Crippen molar-refractivity contribution < 1.29 is 19.0 Å². The number of aliphatic hydroxyl groups is 1. The molecule has 1 saturated heterocycles. The lowest BCUT2D eigenvalue weighted by molar-refractivity contribution is -0.118. The SMILES string of the molecule is O=C(CC1CCCO1)Nc1ccc(C#CCCO)c(F)c1. The van der Waals surface area contributed by atoms with Crippen molar-refractivity contribution >= 4 is 11.6 Å². The van der Waals surface area contributed by atoms with Gasteiger partial charge in [0.1, 0.15) is 5.82 Å². The quantitative estimate of drug-likeness (QED) is 0.835. The second-order valence-electron chi connectivity index (χ2n) is 4.86. The molecule has 21 heavy (non-hydrogen) atoms. The molecule has 1 aromatic carbocycles. The number of benzene rings is 1. The first-order valence-electron chi connectivity index (χ1n) is 7.00. The average molecular weight is 291 g/mol. The molecule has 2 N–H and O–H groups in total. The van der Waals surface area contributed by atoms with Crippen LogP contribution in [-0.4, -0.2) is 30.3 Å². The number of hydrogen-bond acceptors (Lipinski definition) is 3. The second kappa shape index (κ2) is 7.77. The monoisotopic (exact) mass is 291 g/mol. The Labute approximate surface area is 123 Å². The van der Waals surface area contributed by atoms with E-state index in [0.29, 0.717) is 25.1 Å². The van der Waals surface area contributed by atoms with E-state index in [1.807, 2.05) is 0 Å². The van der Waals surface area contributed by atoms with E-state index in [1.54, 1.807) is 6.07 Å². The number of carbonyl (C=O) groups excluding carboxylic acids is 1. The summed E-state index contributed by atoms with van der Waals surface area (Å²) in [5, 5.41) is 11.3. The van der Waals surface area contributed by atoms with Crippen LogP contribution in [0.4, 0.5) is 10.1 Å². The van der Waals surface area contributed by atoms with Crippen LogP contribution in [0.2, 0.25) is 0 Å². The van der Waals surface area contributed by atoms with Crippen molar-refractivity contribution in [2.24, 2.45) is 0 Å². The summed E-state index contributed by atoms with van der Waals surface area (Å²) in [5.41, 5.74) is 0.656. The number of nitrogens with one attached hydrogen (secondary N) is 1. The summed E-state index contributed by atoms with van der Waals surface area (Å²) in [6.45, 7) is 0.653. The Morgan fingerprint density at radius 3 is 3.05 bits per heavy atom. The number of amides is 1. The van der Waals surface area contributed by atoms with Crippen molar-refractivity contribution in [1.29, 1.82) is 0 Å². The summed E-state index contributed by atoms with van der Waals surface area (Å²) in [5.74, 6) is 4.62. The molecule has 1 amide bonds. The van der Waals surface area contributed by atoms with E-state index in [2.05, 4.69) is 17.2 Å².